The van der Waals surface area contributed by atoms with Crippen molar-refractivity contribution in [2.45, 2.75) is 0 Å². The molecule has 1 N–H and O–H groups in total. The third-order valence-electron chi connectivity index (χ3n) is 1.35. The number of methoxy groups -OCH3 is 1. The van der Waals surface area contributed by atoms with Crippen molar-refractivity contribution < 1.29 is 4.74 Å². The zero-order chi connectivity index (χ0) is 7.68. The maximum absolute atomic E-state index is 4.82. The summed E-state index contributed by atoms with van der Waals surface area (Å²) in [6, 6.07) is 0.349. The fourth-order valence-corrected chi connectivity index (χ4v) is 0.820. The lowest BCUT2D eigenvalue weighted by Gasteiger charge is -1.93. The average Bonchev–Trinajstić information content (AvgIpc) is 2.50. The smallest absolute Gasteiger partial charge is 0.318 e. The Labute approximate surface area is 62.4 Å². The van der Waals surface area contributed by atoms with Gasteiger partial charge in [-0.25, -0.2) is 4.98 Å². The van der Waals surface area contributed by atoms with E-state index >= 15 is 0 Å². The maximum atomic E-state index is 4.82. The molecule has 2 aromatic rings. The van der Waals surface area contributed by atoms with Gasteiger partial charge in [0.2, 0.25) is 0 Å². The highest BCUT2D eigenvalue weighted by Crippen LogP contribution is 2.08. The van der Waals surface area contributed by atoms with Gasteiger partial charge in [-0.3, -0.25) is 5.10 Å². The second-order valence-corrected chi connectivity index (χ2v) is 2.03. The molecule has 0 radical (unpaired) electrons. The highest BCUT2D eigenvalue weighted by atomic mass is 16.5. The minimum Gasteiger partial charge on any atom is -0.467 e. The standard InChI is InChI=1S/C6H6N4O/c1-11-6-7-2-4-3-8-10-5(4)9-6/h2-3H,1H3,(H,7,8,9,10). The van der Waals surface area contributed by atoms with Crippen LogP contribution in [0.5, 0.6) is 6.01 Å². The van der Waals surface area contributed by atoms with E-state index in [1.54, 1.807) is 12.4 Å². The van der Waals surface area contributed by atoms with Crippen LogP contribution >= 0.6 is 0 Å². The molecule has 2 aromatic heterocycles. The van der Waals surface area contributed by atoms with E-state index in [1.165, 1.54) is 7.11 Å². The van der Waals surface area contributed by atoms with Crippen molar-refractivity contribution in [2.75, 3.05) is 7.11 Å². The molecule has 5 heteroatoms. The summed E-state index contributed by atoms with van der Waals surface area (Å²) in [6.45, 7) is 0. The normalized spacial score (nSPS) is 10.3. The topological polar surface area (TPSA) is 63.7 Å². The van der Waals surface area contributed by atoms with Gasteiger partial charge in [0.25, 0.3) is 0 Å². The third-order valence-corrected chi connectivity index (χ3v) is 1.35. The molecule has 0 aliphatic heterocycles. The van der Waals surface area contributed by atoms with Crippen molar-refractivity contribution in [3.63, 3.8) is 0 Å². The Morgan fingerprint density at radius 3 is 3.18 bits per heavy atom. The first kappa shape index (κ1) is 6.09. The van der Waals surface area contributed by atoms with Crippen molar-refractivity contribution in [1.29, 1.82) is 0 Å². The Balaban J connectivity index is 2.67. The minimum absolute atomic E-state index is 0.349. The van der Waals surface area contributed by atoms with Crippen LogP contribution in [0.1, 0.15) is 0 Å². The van der Waals surface area contributed by atoms with Gasteiger partial charge >= 0.3 is 6.01 Å². The van der Waals surface area contributed by atoms with Crippen LogP contribution in [0.25, 0.3) is 11.0 Å². The van der Waals surface area contributed by atoms with Crippen LogP contribution in [-0.2, 0) is 0 Å². The first-order valence-electron chi connectivity index (χ1n) is 3.10. The molecule has 11 heavy (non-hydrogen) atoms. The summed E-state index contributed by atoms with van der Waals surface area (Å²) in [6.07, 6.45) is 3.32. The Hall–Kier alpha value is -1.65. The summed E-state index contributed by atoms with van der Waals surface area (Å²) >= 11 is 0. The number of aromatic nitrogens is 4. The summed E-state index contributed by atoms with van der Waals surface area (Å²) < 4.78 is 4.82. The molecule has 56 valence electrons. The van der Waals surface area contributed by atoms with Gasteiger partial charge in [-0.1, -0.05) is 0 Å². The molecule has 2 heterocycles. The van der Waals surface area contributed by atoms with Crippen LogP contribution in [0.3, 0.4) is 0 Å². The summed E-state index contributed by atoms with van der Waals surface area (Å²) in [5, 5.41) is 7.39. The number of H-pyrrole nitrogens is 1. The molecular weight excluding hydrogens is 144 g/mol. The maximum Gasteiger partial charge on any atom is 0.318 e. The number of fused-ring (bicyclic) bond motifs is 1. The van der Waals surface area contributed by atoms with E-state index in [0.29, 0.717) is 11.7 Å². The predicted octanol–water partition coefficient (Wildman–Crippen LogP) is 0.361. The second-order valence-electron chi connectivity index (χ2n) is 2.03. The van der Waals surface area contributed by atoms with E-state index in [9.17, 15) is 0 Å². The van der Waals surface area contributed by atoms with Gasteiger partial charge in [-0.15, -0.1) is 0 Å². The molecule has 0 aromatic carbocycles. The van der Waals surface area contributed by atoms with Crippen molar-refractivity contribution in [3.05, 3.63) is 12.4 Å². The van der Waals surface area contributed by atoms with Gasteiger partial charge in [0.05, 0.1) is 18.7 Å². The van der Waals surface area contributed by atoms with E-state index in [4.69, 9.17) is 4.74 Å². The second kappa shape index (κ2) is 2.19. The number of hydrogen-bond acceptors (Lipinski definition) is 4. The largest absolute Gasteiger partial charge is 0.467 e. The lowest BCUT2D eigenvalue weighted by atomic mass is 10.4. The zero-order valence-electron chi connectivity index (χ0n) is 5.90. The van der Waals surface area contributed by atoms with Crippen molar-refractivity contribution >= 4 is 11.0 Å². The van der Waals surface area contributed by atoms with Gasteiger partial charge < -0.3 is 4.74 Å². The first-order chi connectivity index (χ1) is 5.40. The number of nitrogens with zero attached hydrogens (tertiary/aromatic N) is 3. The molecule has 5 nitrogen and oxygen atoms in total. The molecule has 0 saturated carbocycles. The lowest BCUT2D eigenvalue weighted by Crippen LogP contribution is -1.90. The van der Waals surface area contributed by atoms with E-state index in [-0.39, 0.29) is 0 Å². The molecule has 0 amide bonds. The van der Waals surface area contributed by atoms with Gasteiger partial charge in [-0.2, -0.15) is 10.1 Å². The van der Waals surface area contributed by atoms with Gasteiger partial charge in [-0.05, 0) is 0 Å². The fraction of sp³-hybridized carbons (Fsp3) is 0.167. The van der Waals surface area contributed by atoms with Crippen LogP contribution < -0.4 is 4.74 Å². The van der Waals surface area contributed by atoms with Gasteiger partial charge in [0, 0.05) is 6.20 Å². The number of hydrogen-bond donors (Lipinski definition) is 1. The molecule has 0 atom stereocenters. The number of aromatic amines is 1. The molecule has 0 unspecified atom stereocenters. The Morgan fingerprint density at radius 1 is 1.45 bits per heavy atom. The summed E-state index contributed by atoms with van der Waals surface area (Å²) in [5.74, 6) is 0. The SMILES string of the molecule is COc1ncc2cn[nH]c2n1. The summed E-state index contributed by atoms with van der Waals surface area (Å²) in [4.78, 5) is 7.91. The van der Waals surface area contributed by atoms with Crippen LogP contribution in [0, 0.1) is 0 Å². The van der Waals surface area contributed by atoms with Crippen molar-refractivity contribution in [3.8, 4) is 6.01 Å². The van der Waals surface area contributed by atoms with Crippen LogP contribution in [0.2, 0.25) is 0 Å². The molecule has 0 spiro atoms. The zero-order valence-corrected chi connectivity index (χ0v) is 5.90. The number of rotatable bonds is 1. The fourth-order valence-electron chi connectivity index (χ4n) is 0.820. The van der Waals surface area contributed by atoms with Gasteiger partial charge in [0.1, 0.15) is 0 Å². The molecule has 0 fully saturated rings. The van der Waals surface area contributed by atoms with Crippen molar-refractivity contribution in [1.82, 2.24) is 20.2 Å². The number of nitrogens with one attached hydrogen (secondary N) is 1. The highest BCUT2D eigenvalue weighted by Gasteiger charge is 1.98. The molecule has 0 saturated heterocycles. The van der Waals surface area contributed by atoms with E-state index < -0.39 is 0 Å². The minimum atomic E-state index is 0.349. The van der Waals surface area contributed by atoms with E-state index in [2.05, 4.69) is 20.2 Å². The average molecular weight is 150 g/mol. The van der Waals surface area contributed by atoms with E-state index in [0.717, 1.165) is 5.39 Å². The molecule has 0 aliphatic rings. The Morgan fingerprint density at radius 2 is 2.36 bits per heavy atom. The third kappa shape index (κ3) is 0.899. The molecule has 0 bridgehead atoms. The summed E-state index contributed by atoms with van der Waals surface area (Å²) in [5.41, 5.74) is 0.692. The lowest BCUT2D eigenvalue weighted by molar-refractivity contribution is 0.381. The predicted molar refractivity (Wildman–Crippen MR) is 38.2 cm³/mol. The molecule has 0 aliphatic carbocycles. The Bertz CT molecular complexity index is 369. The van der Waals surface area contributed by atoms with Crippen LogP contribution in [-0.4, -0.2) is 27.3 Å². The van der Waals surface area contributed by atoms with Crippen LogP contribution in [0.4, 0.5) is 0 Å². The molecule has 2 rings (SSSR count). The Kier molecular flexibility index (Phi) is 1.21. The monoisotopic (exact) mass is 150 g/mol. The van der Waals surface area contributed by atoms with E-state index in [1.807, 2.05) is 0 Å². The molecular formula is C6H6N4O. The first-order valence-corrected chi connectivity index (χ1v) is 3.10. The quantitative estimate of drug-likeness (QED) is 0.637. The van der Waals surface area contributed by atoms with Crippen molar-refractivity contribution in [2.24, 2.45) is 0 Å². The summed E-state index contributed by atoms with van der Waals surface area (Å²) in [7, 11) is 1.53. The van der Waals surface area contributed by atoms with Crippen LogP contribution in [0.15, 0.2) is 12.4 Å². The van der Waals surface area contributed by atoms with Gasteiger partial charge in [0.15, 0.2) is 5.65 Å². The highest BCUT2D eigenvalue weighted by molar-refractivity contribution is 5.72. The number of ether oxygens (including phenoxy) is 1.